The lowest BCUT2D eigenvalue weighted by molar-refractivity contribution is 0.0593. The summed E-state index contributed by atoms with van der Waals surface area (Å²) in [5.74, 6) is 2.60. The summed E-state index contributed by atoms with van der Waals surface area (Å²) in [4.78, 5) is 13.5. The summed E-state index contributed by atoms with van der Waals surface area (Å²) in [6, 6.07) is 1.87. The van der Waals surface area contributed by atoms with E-state index in [1.54, 1.807) is 7.11 Å². The summed E-state index contributed by atoms with van der Waals surface area (Å²) in [5, 5.41) is 3.50. The van der Waals surface area contributed by atoms with Gasteiger partial charge < -0.3 is 19.4 Å². The Morgan fingerprint density at radius 1 is 1.38 bits per heavy atom. The van der Waals surface area contributed by atoms with Crippen LogP contribution in [0.2, 0.25) is 0 Å². The van der Waals surface area contributed by atoms with E-state index in [-0.39, 0.29) is 6.04 Å². The Hall–Kier alpha value is -2.15. The Labute approximate surface area is 142 Å². The van der Waals surface area contributed by atoms with Crippen molar-refractivity contribution in [3.8, 4) is 5.88 Å². The number of rotatable bonds is 6. The molecule has 2 aromatic rings. The molecule has 24 heavy (non-hydrogen) atoms. The molecule has 1 unspecified atom stereocenters. The maximum atomic E-state index is 5.52. The predicted molar refractivity (Wildman–Crippen MR) is 91.1 cm³/mol. The van der Waals surface area contributed by atoms with Gasteiger partial charge in [-0.1, -0.05) is 0 Å². The van der Waals surface area contributed by atoms with Gasteiger partial charge in [-0.15, -0.1) is 0 Å². The lowest BCUT2D eigenvalue weighted by atomic mass is 9.91. The molecule has 1 N–H and O–H groups in total. The number of nitrogens with zero attached hydrogens (tertiary/aromatic N) is 4. The average molecular weight is 331 g/mol. The van der Waals surface area contributed by atoms with Crippen molar-refractivity contribution in [1.29, 1.82) is 0 Å². The summed E-state index contributed by atoms with van der Waals surface area (Å²) < 4.78 is 13.0. The molecular formula is C17H25N5O2. The minimum Gasteiger partial charge on any atom is -0.481 e. The first kappa shape index (κ1) is 16.7. The molecule has 0 aliphatic carbocycles. The topological polar surface area (TPSA) is 74.1 Å². The van der Waals surface area contributed by atoms with Crippen molar-refractivity contribution in [3.63, 3.8) is 0 Å². The fourth-order valence-corrected chi connectivity index (χ4v) is 3.16. The Morgan fingerprint density at radius 3 is 2.88 bits per heavy atom. The third-order valence-electron chi connectivity index (χ3n) is 4.43. The van der Waals surface area contributed by atoms with Crippen molar-refractivity contribution in [2.45, 2.75) is 39.3 Å². The van der Waals surface area contributed by atoms with Gasteiger partial charge in [0.05, 0.1) is 13.2 Å². The third kappa shape index (κ3) is 3.67. The van der Waals surface area contributed by atoms with E-state index < -0.39 is 0 Å². The van der Waals surface area contributed by atoms with Gasteiger partial charge in [-0.05, 0) is 32.6 Å². The minimum atomic E-state index is 0.0513. The zero-order valence-corrected chi connectivity index (χ0v) is 14.5. The van der Waals surface area contributed by atoms with Crippen LogP contribution in [0.3, 0.4) is 0 Å². The zero-order valence-electron chi connectivity index (χ0n) is 14.5. The monoisotopic (exact) mass is 331 g/mol. The van der Waals surface area contributed by atoms with E-state index in [9.17, 15) is 0 Å². The molecule has 0 saturated carbocycles. The van der Waals surface area contributed by atoms with Crippen molar-refractivity contribution in [2.24, 2.45) is 5.92 Å². The number of aryl methyl sites for hydroxylation is 2. The van der Waals surface area contributed by atoms with Crippen LogP contribution in [0.4, 0.5) is 5.95 Å². The average Bonchev–Trinajstić information content (AvgIpc) is 3.08. The number of hydrogen-bond donors (Lipinski definition) is 1. The molecule has 0 bridgehead atoms. The van der Waals surface area contributed by atoms with E-state index in [4.69, 9.17) is 9.47 Å². The molecule has 0 aromatic carbocycles. The predicted octanol–water partition coefficient (Wildman–Crippen LogP) is 2.59. The van der Waals surface area contributed by atoms with Crippen LogP contribution in [-0.4, -0.2) is 39.8 Å². The van der Waals surface area contributed by atoms with E-state index in [0.717, 1.165) is 44.1 Å². The molecule has 1 aliphatic heterocycles. The molecule has 3 rings (SSSR count). The van der Waals surface area contributed by atoms with Gasteiger partial charge in [0.2, 0.25) is 11.8 Å². The first-order chi connectivity index (χ1) is 11.7. The molecule has 1 aliphatic rings. The fraction of sp³-hybridized carbons (Fsp3) is 0.588. The summed E-state index contributed by atoms with van der Waals surface area (Å²) >= 11 is 0. The number of nitrogens with one attached hydrogen (secondary N) is 1. The van der Waals surface area contributed by atoms with Crippen molar-refractivity contribution in [1.82, 2.24) is 19.5 Å². The number of ether oxygens (including phenoxy) is 2. The number of hydrogen-bond acceptors (Lipinski definition) is 6. The molecule has 3 heterocycles. The number of aromatic nitrogens is 4. The Morgan fingerprint density at radius 2 is 2.17 bits per heavy atom. The van der Waals surface area contributed by atoms with E-state index in [0.29, 0.717) is 17.7 Å². The molecule has 7 nitrogen and oxygen atoms in total. The quantitative estimate of drug-likeness (QED) is 0.877. The molecular weight excluding hydrogens is 306 g/mol. The Kier molecular flexibility index (Phi) is 5.30. The second-order valence-electron chi connectivity index (χ2n) is 6.02. The highest BCUT2D eigenvalue weighted by Gasteiger charge is 2.29. The van der Waals surface area contributed by atoms with Gasteiger partial charge in [0, 0.05) is 43.9 Å². The van der Waals surface area contributed by atoms with E-state index in [2.05, 4.69) is 31.8 Å². The summed E-state index contributed by atoms with van der Waals surface area (Å²) in [7, 11) is 1.62. The third-order valence-corrected chi connectivity index (χ3v) is 4.43. The summed E-state index contributed by atoms with van der Waals surface area (Å²) in [6.45, 7) is 6.51. The van der Waals surface area contributed by atoms with Gasteiger partial charge in [0.25, 0.3) is 0 Å². The van der Waals surface area contributed by atoms with Crippen LogP contribution in [0.1, 0.15) is 37.3 Å². The van der Waals surface area contributed by atoms with E-state index >= 15 is 0 Å². The smallest absolute Gasteiger partial charge is 0.226 e. The number of imidazole rings is 1. The van der Waals surface area contributed by atoms with Crippen molar-refractivity contribution >= 4 is 5.95 Å². The van der Waals surface area contributed by atoms with Crippen LogP contribution < -0.4 is 10.1 Å². The molecule has 1 fully saturated rings. The van der Waals surface area contributed by atoms with Crippen LogP contribution in [0.15, 0.2) is 18.5 Å². The SMILES string of the molecule is CCn1ccnc1C(Nc1nc(C)cc(OC)n1)C1CCOCC1. The molecule has 0 radical (unpaired) electrons. The van der Waals surface area contributed by atoms with Gasteiger partial charge in [0.1, 0.15) is 5.82 Å². The molecule has 2 aromatic heterocycles. The normalized spacial score (nSPS) is 16.8. The summed E-state index contributed by atoms with van der Waals surface area (Å²) in [6.07, 6.45) is 5.86. The van der Waals surface area contributed by atoms with E-state index in [1.807, 2.05) is 25.4 Å². The maximum absolute atomic E-state index is 5.52. The van der Waals surface area contributed by atoms with E-state index in [1.165, 1.54) is 0 Å². The summed E-state index contributed by atoms with van der Waals surface area (Å²) in [5.41, 5.74) is 0.869. The highest BCUT2D eigenvalue weighted by atomic mass is 16.5. The van der Waals surface area contributed by atoms with Crippen LogP contribution in [0.25, 0.3) is 0 Å². The van der Waals surface area contributed by atoms with Gasteiger partial charge >= 0.3 is 0 Å². The highest BCUT2D eigenvalue weighted by Crippen LogP contribution is 2.32. The first-order valence-corrected chi connectivity index (χ1v) is 8.46. The molecule has 0 spiro atoms. The van der Waals surface area contributed by atoms with Crippen LogP contribution in [0.5, 0.6) is 5.88 Å². The van der Waals surface area contributed by atoms with Gasteiger partial charge in [0.15, 0.2) is 0 Å². The molecule has 1 atom stereocenters. The van der Waals surface area contributed by atoms with Crippen LogP contribution >= 0.6 is 0 Å². The van der Waals surface area contributed by atoms with Crippen molar-refractivity contribution in [3.05, 3.63) is 30.0 Å². The lowest BCUT2D eigenvalue weighted by Gasteiger charge is -2.31. The first-order valence-electron chi connectivity index (χ1n) is 8.46. The largest absolute Gasteiger partial charge is 0.481 e. The molecule has 130 valence electrons. The number of methoxy groups -OCH3 is 1. The minimum absolute atomic E-state index is 0.0513. The van der Waals surface area contributed by atoms with Crippen molar-refractivity contribution in [2.75, 3.05) is 25.6 Å². The molecule has 7 heteroatoms. The van der Waals surface area contributed by atoms with Crippen LogP contribution in [-0.2, 0) is 11.3 Å². The van der Waals surface area contributed by atoms with Gasteiger partial charge in [-0.2, -0.15) is 4.98 Å². The molecule has 1 saturated heterocycles. The Balaban J connectivity index is 1.91. The highest BCUT2D eigenvalue weighted by molar-refractivity contribution is 5.33. The maximum Gasteiger partial charge on any atom is 0.226 e. The lowest BCUT2D eigenvalue weighted by Crippen LogP contribution is -2.30. The van der Waals surface area contributed by atoms with Gasteiger partial charge in [-0.25, -0.2) is 9.97 Å². The standard InChI is InChI=1S/C17H25N5O2/c1-4-22-8-7-18-16(22)15(13-5-9-24-10-6-13)21-17-19-12(2)11-14(20-17)23-3/h7-8,11,13,15H,4-6,9-10H2,1-3H3,(H,19,20,21). The van der Waals surface area contributed by atoms with Crippen molar-refractivity contribution < 1.29 is 9.47 Å². The fourth-order valence-electron chi connectivity index (χ4n) is 3.16. The second kappa shape index (κ2) is 7.61. The zero-order chi connectivity index (χ0) is 16.9. The van der Waals surface area contributed by atoms with Crippen LogP contribution in [0, 0.1) is 12.8 Å². The molecule has 0 amide bonds. The Bertz CT molecular complexity index is 667. The van der Waals surface area contributed by atoms with Gasteiger partial charge in [-0.3, -0.25) is 0 Å². The second-order valence-corrected chi connectivity index (χ2v) is 6.02. The number of anilines is 1.